The molecule has 2 saturated heterocycles. The summed E-state index contributed by atoms with van der Waals surface area (Å²) in [6.45, 7) is 10.8. The van der Waals surface area contributed by atoms with Crippen molar-refractivity contribution < 1.29 is 37.9 Å². The number of epoxide rings is 1. The van der Waals surface area contributed by atoms with E-state index in [9.17, 15) is 19.2 Å². The molecule has 0 aliphatic carbocycles. The fraction of sp³-hybridized carbons (Fsp3) is 0.581. The summed E-state index contributed by atoms with van der Waals surface area (Å²) in [5.74, 6) is -1.26. The molecule has 0 saturated carbocycles. The topological polar surface area (TPSA) is 165 Å². The van der Waals surface area contributed by atoms with Gasteiger partial charge in [-0.15, -0.1) is 0 Å². The Morgan fingerprint density at radius 2 is 1.75 bits per heavy atom. The number of amides is 3. The van der Waals surface area contributed by atoms with Crippen molar-refractivity contribution in [1.82, 2.24) is 26.0 Å². The van der Waals surface area contributed by atoms with Crippen LogP contribution in [0.5, 0.6) is 0 Å². The summed E-state index contributed by atoms with van der Waals surface area (Å²) >= 11 is 0. The van der Waals surface area contributed by atoms with E-state index < -0.39 is 35.4 Å². The predicted octanol–water partition coefficient (Wildman–Crippen LogP) is 1.25. The van der Waals surface area contributed by atoms with Gasteiger partial charge in [0.25, 0.3) is 5.91 Å². The maximum atomic E-state index is 12.7. The molecular weight excluding hydrogens is 570 g/mol. The lowest BCUT2D eigenvalue weighted by atomic mass is 9.93. The summed E-state index contributed by atoms with van der Waals surface area (Å²) in [7, 11) is 1.39. The van der Waals surface area contributed by atoms with Crippen LogP contribution >= 0.6 is 0 Å². The van der Waals surface area contributed by atoms with E-state index in [1.54, 1.807) is 6.92 Å². The van der Waals surface area contributed by atoms with Crippen molar-refractivity contribution in [3.63, 3.8) is 0 Å². The van der Waals surface area contributed by atoms with Gasteiger partial charge in [-0.1, -0.05) is 54.9 Å². The van der Waals surface area contributed by atoms with Crippen LogP contribution in [0.25, 0.3) is 0 Å². The number of hydrogen-bond donors (Lipinski definition) is 3. The molecule has 2 aromatic rings. The average Bonchev–Trinajstić information content (AvgIpc) is 3.58. The lowest BCUT2D eigenvalue weighted by molar-refractivity contribution is -0.131. The highest BCUT2D eigenvalue weighted by atomic mass is 16.6. The van der Waals surface area contributed by atoms with E-state index in [2.05, 4.69) is 45.1 Å². The summed E-state index contributed by atoms with van der Waals surface area (Å²) in [5.41, 5.74) is 0.482. The Morgan fingerprint density at radius 1 is 1.07 bits per heavy atom. The number of nitrogens with one attached hydrogen (secondary N) is 3. The Bertz CT molecular complexity index is 1220. The van der Waals surface area contributed by atoms with Crippen molar-refractivity contribution in [1.29, 1.82) is 0 Å². The number of morpholine rings is 1. The van der Waals surface area contributed by atoms with E-state index in [-0.39, 0.29) is 30.5 Å². The van der Waals surface area contributed by atoms with Gasteiger partial charge in [0, 0.05) is 26.3 Å². The normalized spacial score (nSPS) is 19.2. The van der Waals surface area contributed by atoms with E-state index in [0.717, 1.165) is 13.1 Å². The molecule has 1 aromatic heterocycles. The summed E-state index contributed by atoms with van der Waals surface area (Å²) in [5, 5.41) is 11.5. The molecule has 1 aromatic carbocycles. The van der Waals surface area contributed by atoms with Gasteiger partial charge in [-0.05, 0) is 26.2 Å². The number of nitrogens with zero attached hydrogens (tertiary/aromatic N) is 2. The minimum Gasteiger partial charge on any atom is -0.382 e. The number of aryl methyl sites for hydroxylation is 1. The predicted molar refractivity (Wildman–Crippen MR) is 161 cm³/mol. The fourth-order valence-corrected chi connectivity index (χ4v) is 4.45. The Hall–Kier alpha value is -3.65. The standard InChI is InChI=1S/C24H37N5O8.C7H8/c1-15(2)9-17(21(31)24(3)14-36-24)26-20(30)11-25-22(32)19(13-34-4)27-23(33)18-10-16(37-28-18)12-29-5-7-35-8-6-29;1-7-5-3-2-4-6-7/h10,15,17,19H,5-9,11-14H2,1-4H3,(H,25,32)(H,26,30)(H,27,33);2-6H,1H3/t17-,19-,24+;/m0./s1. The smallest absolute Gasteiger partial charge is 0.274 e. The second-order valence-corrected chi connectivity index (χ2v) is 11.6. The lowest BCUT2D eigenvalue weighted by Gasteiger charge is -2.25. The van der Waals surface area contributed by atoms with Crippen molar-refractivity contribution in [2.75, 3.05) is 53.2 Å². The number of Topliss-reactive ketones (excluding diaryl/α,β-unsaturated/α-hetero) is 1. The Labute approximate surface area is 258 Å². The van der Waals surface area contributed by atoms with Gasteiger partial charge in [-0.25, -0.2) is 0 Å². The number of hydrogen-bond acceptors (Lipinski definition) is 10. The Kier molecular flexibility index (Phi) is 13.5. The molecule has 2 fully saturated rings. The number of ketones is 1. The number of carbonyl (C=O) groups excluding carboxylic acids is 4. The number of rotatable bonds is 14. The SMILES string of the molecule is COC[C@H](NC(=O)c1cc(CN2CCOCC2)on1)C(=O)NCC(=O)N[C@@H](CC(C)C)C(=O)[C@@]1(C)CO1.Cc1ccccc1. The number of methoxy groups -OCH3 is 1. The second kappa shape index (κ2) is 17.0. The van der Waals surface area contributed by atoms with Gasteiger partial charge in [-0.3, -0.25) is 24.1 Å². The third-order valence-corrected chi connectivity index (χ3v) is 7.05. The number of ether oxygens (including phenoxy) is 3. The average molecular weight is 616 g/mol. The fourth-order valence-electron chi connectivity index (χ4n) is 4.45. The van der Waals surface area contributed by atoms with Gasteiger partial charge in [0.1, 0.15) is 11.6 Å². The molecule has 3 atom stereocenters. The van der Waals surface area contributed by atoms with Crippen LogP contribution in [0, 0.1) is 12.8 Å². The summed E-state index contributed by atoms with van der Waals surface area (Å²) in [6, 6.07) is 10.00. The highest BCUT2D eigenvalue weighted by Gasteiger charge is 2.50. The van der Waals surface area contributed by atoms with E-state index in [1.807, 2.05) is 32.0 Å². The van der Waals surface area contributed by atoms with E-state index >= 15 is 0 Å². The lowest BCUT2D eigenvalue weighted by Crippen LogP contribution is -2.53. The third-order valence-electron chi connectivity index (χ3n) is 7.05. The molecule has 4 rings (SSSR count). The van der Waals surface area contributed by atoms with Crippen molar-refractivity contribution in [3.05, 3.63) is 53.4 Å². The van der Waals surface area contributed by atoms with Gasteiger partial charge >= 0.3 is 0 Å². The number of benzene rings is 1. The molecule has 44 heavy (non-hydrogen) atoms. The van der Waals surface area contributed by atoms with Crippen molar-refractivity contribution >= 4 is 23.5 Å². The first-order valence-corrected chi connectivity index (χ1v) is 14.8. The summed E-state index contributed by atoms with van der Waals surface area (Å²) < 4.78 is 20.9. The Balaban J connectivity index is 0.000000662. The van der Waals surface area contributed by atoms with E-state index in [4.69, 9.17) is 18.7 Å². The molecule has 2 aliphatic rings. The molecule has 13 heteroatoms. The maximum absolute atomic E-state index is 12.7. The molecular formula is C31H45N5O8. The molecule has 0 bridgehead atoms. The molecule has 3 amide bonds. The van der Waals surface area contributed by atoms with E-state index in [0.29, 0.717) is 38.5 Å². The second-order valence-electron chi connectivity index (χ2n) is 11.6. The van der Waals surface area contributed by atoms with Crippen LogP contribution in [0.3, 0.4) is 0 Å². The molecule has 3 heterocycles. The minimum atomic E-state index is -1.07. The van der Waals surface area contributed by atoms with Gasteiger partial charge in [-0.2, -0.15) is 0 Å². The van der Waals surface area contributed by atoms with Crippen LogP contribution in [0.15, 0.2) is 40.9 Å². The summed E-state index contributed by atoms with van der Waals surface area (Å²) in [4.78, 5) is 52.7. The highest BCUT2D eigenvalue weighted by molar-refractivity contribution is 5.98. The zero-order valence-electron chi connectivity index (χ0n) is 26.2. The largest absolute Gasteiger partial charge is 0.382 e. The van der Waals surface area contributed by atoms with Crippen LogP contribution in [-0.2, 0) is 35.1 Å². The van der Waals surface area contributed by atoms with Gasteiger partial charge in [0.2, 0.25) is 11.8 Å². The number of aromatic nitrogens is 1. The van der Waals surface area contributed by atoms with Crippen molar-refractivity contribution in [3.8, 4) is 0 Å². The van der Waals surface area contributed by atoms with Gasteiger partial charge in [0.15, 0.2) is 17.2 Å². The van der Waals surface area contributed by atoms with Crippen LogP contribution in [0.4, 0.5) is 0 Å². The third kappa shape index (κ3) is 11.5. The number of carbonyl (C=O) groups is 4. The molecule has 2 aliphatic heterocycles. The first kappa shape index (κ1) is 34.8. The van der Waals surface area contributed by atoms with Crippen LogP contribution < -0.4 is 16.0 Å². The molecule has 0 radical (unpaired) electrons. The van der Waals surface area contributed by atoms with Gasteiger partial charge in [0.05, 0.1) is 45.6 Å². The zero-order chi connectivity index (χ0) is 32.1. The van der Waals surface area contributed by atoms with Crippen LogP contribution in [0.1, 0.15) is 49.0 Å². The molecule has 0 spiro atoms. The molecule has 242 valence electrons. The molecule has 13 nitrogen and oxygen atoms in total. The van der Waals surface area contributed by atoms with Gasteiger partial charge < -0.3 is 34.7 Å². The quantitative estimate of drug-likeness (QED) is 0.264. The van der Waals surface area contributed by atoms with E-state index in [1.165, 1.54) is 18.7 Å². The minimum absolute atomic E-state index is 0.0285. The first-order chi connectivity index (χ1) is 21.0. The maximum Gasteiger partial charge on any atom is 0.274 e. The molecule has 0 unspecified atom stereocenters. The molecule has 3 N–H and O–H groups in total. The highest BCUT2D eigenvalue weighted by Crippen LogP contribution is 2.29. The van der Waals surface area contributed by atoms with Crippen molar-refractivity contribution in [2.45, 2.75) is 58.3 Å². The zero-order valence-corrected chi connectivity index (χ0v) is 26.2. The van der Waals surface area contributed by atoms with Crippen molar-refractivity contribution in [2.24, 2.45) is 5.92 Å². The van der Waals surface area contributed by atoms with Crippen LogP contribution in [0.2, 0.25) is 0 Å². The summed E-state index contributed by atoms with van der Waals surface area (Å²) in [6.07, 6.45) is 0.449. The Morgan fingerprint density at radius 3 is 2.32 bits per heavy atom. The monoisotopic (exact) mass is 615 g/mol. The van der Waals surface area contributed by atoms with Crippen LogP contribution in [-0.4, -0.2) is 104 Å². The first-order valence-electron chi connectivity index (χ1n) is 14.8.